The molecule has 0 aliphatic rings. The van der Waals surface area contributed by atoms with Crippen LogP contribution in [0.3, 0.4) is 0 Å². The Morgan fingerprint density at radius 3 is 1.91 bits per heavy atom. The van der Waals surface area contributed by atoms with Gasteiger partial charge in [0.05, 0.1) is 5.69 Å². The Labute approximate surface area is 266 Å². The lowest BCUT2D eigenvalue weighted by Gasteiger charge is -2.25. The Bertz CT molecular complexity index is 1130. The second kappa shape index (κ2) is 17.6. The molecule has 0 radical (unpaired) electrons. The molecule has 1 aromatic rings. The first-order valence-electron chi connectivity index (χ1n) is 15.2. The van der Waals surface area contributed by atoms with Crippen molar-refractivity contribution in [2.45, 2.75) is 123 Å². The Hall–Kier alpha value is -3.88. The summed E-state index contributed by atoms with van der Waals surface area (Å²) in [5.74, 6) is -1.07. The van der Waals surface area contributed by atoms with E-state index in [0.29, 0.717) is 44.6 Å². The maximum absolute atomic E-state index is 13.6. The van der Waals surface area contributed by atoms with E-state index in [2.05, 4.69) is 26.3 Å². The number of nitrogens with zero attached hydrogens (tertiary/aromatic N) is 2. The predicted octanol–water partition coefficient (Wildman–Crippen LogP) is 2.75. The zero-order valence-corrected chi connectivity index (χ0v) is 28.2. The third-order valence-electron chi connectivity index (χ3n) is 5.56. The number of rotatable bonds is 14. The van der Waals surface area contributed by atoms with Crippen molar-refractivity contribution >= 4 is 30.1 Å². The van der Waals surface area contributed by atoms with Crippen LogP contribution in [0, 0.1) is 0 Å². The zero-order valence-electron chi connectivity index (χ0n) is 28.2. The molecule has 0 spiro atoms. The summed E-state index contributed by atoms with van der Waals surface area (Å²) in [6, 6.07) is -2.14. The van der Waals surface area contributed by atoms with Crippen molar-refractivity contribution in [3.8, 4) is 0 Å². The van der Waals surface area contributed by atoms with Gasteiger partial charge in [0.25, 0.3) is 0 Å². The molecule has 2 unspecified atom stereocenters. The average molecular weight is 640 g/mol. The number of nitrogens with one attached hydrogen (secondary N) is 4. The fourth-order valence-corrected chi connectivity index (χ4v) is 3.71. The molecule has 6 N–H and O–H groups in total. The van der Waals surface area contributed by atoms with Gasteiger partial charge >= 0.3 is 18.3 Å². The van der Waals surface area contributed by atoms with Gasteiger partial charge in [-0.3, -0.25) is 9.59 Å². The van der Waals surface area contributed by atoms with Crippen LogP contribution in [0.25, 0.3) is 0 Å². The van der Waals surface area contributed by atoms with Crippen molar-refractivity contribution in [2.24, 2.45) is 5.73 Å². The average Bonchev–Trinajstić information content (AvgIpc) is 3.33. The van der Waals surface area contributed by atoms with E-state index in [-0.39, 0.29) is 12.8 Å². The molecular weight excluding hydrogens is 586 g/mol. The first kappa shape index (κ1) is 39.1. The molecule has 1 aromatic heterocycles. The van der Waals surface area contributed by atoms with Gasteiger partial charge in [-0.2, -0.15) is 0 Å². The van der Waals surface area contributed by atoms with Crippen LogP contribution in [0.15, 0.2) is 12.5 Å². The van der Waals surface area contributed by atoms with E-state index in [4.69, 9.17) is 19.9 Å². The highest BCUT2D eigenvalue weighted by Gasteiger charge is 2.29. The van der Waals surface area contributed by atoms with Crippen molar-refractivity contribution in [3.63, 3.8) is 0 Å². The topological polar surface area (TPSA) is 205 Å². The highest BCUT2D eigenvalue weighted by atomic mass is 16.6. The number of unbranched alkanes of at least 4 members (excludes halogenated alkanes) is 1. The molecule has 2 atom stereocenters. The van der Waals surface area contributed by atoms with Gasteiger partial charge in [0, 0.05) is 25.7 Å². The number of hydrogen-bond donors (Lipinski definition) is 5. The lowest BCUT2D eigenvalue weighted by Crippen LogP contribution is -2.55. The summed E-state index contributed by atoms with van der Waals surface area (Å²) in [5.41, 5.74) is 3.68. The fourth-order valence-electron chi connectivity index (χ4n) is 3.71. The summed E-state index contributed by atoms with van der Waals surface area (Å²) in [4.78, 5) is 67.8. The quantitative estimate of drug-likeness (QED) is 0.149. The number of nitrogens with two attached hydrogens (primary N) is 1. The standard InChI is InChI=1S/C30H53N7O8/c1-28(2,3)43-25(40)33-15-11-10-13-21(23(38)32-16-12-14-31)35-24(39)22(36-26(41)44-29(4,5)6)17-20-18-37(19-34-20)27(42)45-30(7,8)9/h18-19,21-22H,10-17,31H2,1-9H3,(H,32,38)(H,33,40)(H,35,39)(H,36,41). The van der Waals surface area contributed by atoms with Crippen molar-refractivity contribution < 1.29 is 38.2 Å². The summed E-state index contributed by atoms with van der Waals surface area (Å²) in [6.07, 6.45) is 2.31. The molecule has 1 rings (SSSR count). The molecule has 1 heterocycles. The smallest absolute Gasteiger partial charge is 0.419 e. The van der Waals surface area contributed by atoms with Gasteiger partial charge in [0.15, 0.2) is 0 Å². The van der Waals surface area contributed by atoms with Crippen molar-refractivity contribution in [3.05, 3.63) is 18.2 Å². The Morgan fingerprint density at radius 1 is 0.756 bits per heavy atom. The summed E-state index contributed by atoms with van der Waals surface area (Å²) in [6.45, 7) is 16.6. The minimum atomic E-state index is -1.20. The van der Waals surface area contributed by atoms with Gasteiger partial charge in [0.1, 0.15) is 35.2 Å². The lowest BCUT2D eigenvalue weighted by molar-refractivity contribution is -0.130. The first-order valence-corrected chi connectivity index (χ1v) is 15.2. The molecule has 4 amide bonds. The van der Waals surface area contributed by atoms with Gasteiger partial charge < -0.3 is 41.2 Å². The maximum atomic E-state index is 13.6. The van der Waals surface area contributed by atoms with Gasteiger partial charge in [-0.25, -0.2) is 23.9 Å². The van der Waals surface area contributed by atoms with Crippen LogP contribution >= 0.6 is 0 Å². The molecule has 0 saturated heterocycles. The number of aromatic nitrogens is 2. The molecule has 0 bridgehead atoms. The zero-order chi connectivity index (χ0) is 34.4. The Balaban J connectivity index is 3.05. The summed E-state index contributed by atoms with van der Waals surface area (Å²) in [7, 11) is 0. The number of alkyl carbamates (subject to hydrolysis) is 2. The Morgan fingerprint density at radius 2 is 1.33 bits per heavy atom. The third-order valence-corrected chi connectivity index (χ3v) is 5.56. The fraction of sp³-hybridized carbons (Fsp3) is 0.733. The lowest BCUT2D eigenvalue weighted by atomic mass is 10.1. The van der Waals surface area contributed by atoms with Crippen LogP contribution in [-0.2, 0) is 30.2 Å². The van der Waals surface area contributed by atoms with E-state index < -0.39 is 59.0 Å². The molecule has 0 aliphatic carbocycles. The second-order valence-electron chi connectivity index (χ2n) is 13.6. The predicted molar refractivity (Wildman–Crippen MR) is 167 cm³/mol. The van der Waals surface area contributed by atoms with Gasteiger partial charge in [-0.05, 0) is 94.5 Å². The third kappa shape index (κ3) is 17.9. The number of amides is 4. The number of carbonyl (C=O) groups is 5. The molecule has 15 heteroatoms. The number of imidazole rings is 1. The van der Waals surface area contributed by atoms with E-state index in [1.165, 1.54) is 12.5 Å². The van der Waals surface area contributed by atoms with Gasteiger partial charge in [-0.1, -0.05) is 0 Å². The van der Waals surface area contributed by atoms with Crippen LogP contribution in [0.1, 0.15) is 93.7 Å². The van der Waals surface area contributed by atoms with E-state index in [9.17, 15) is 24.0 Å². The van der Waals surface area contributed by atoms with Crippen LogP contribution < -0.4 is 27.0 Å². The largest absolute Gasteiger partial charge is 0.444 e. The molecule has 0 aliphatic heterocycles. The number of carbonyl (C=O) groups excluding carboxylic acids is 5. The minimum absolute atomic E-state index is 0.109. The summed E-state index contributed by atoms with van der Waals surface area (Å²) >= 11 is 0. The molecule has 15 nitrogen and oxygen atoms in total. The number of ether oxygens (including phenoxy) is 3. The van der Waals surface area contributed by atoms with Crippen molar-refractivity contribution in [2.75, 3.05) is 19.6 Å². The van der Waals surface area contributed by atoms with E-state index in [0.717, 1.165) is 4.57 Å². The van der Waals surface area contributed by atoms with Gasteiger partial charge in [-0.15, -0.1) is 0 Å². The van der Waals surface area contributed by atoms with Crippen molar-refractivity contribution in [1.82, 2.24) is 30.8 Å². The highest BCUT2D eigenvalue weighted by molar-refractivity contribution is 5.91. The minimum Gasteiger partial charge on any atom is -0.444 e. The molecule has 45 heavy (non-hydrogen) atoms. The van der Waals surface area contributed by atoms with Crippen LogP contribution in [0.2, 0.25) is 0 Å². The Kier molecular flexibility index (Phi) is 15.3. The second-order valence-corrected chi connectivity index (χ2v) is 13.6. The molecular formula is C30H53N7O8. The first-order chi connectivity index (χ1) is 20.7. The van der Waals surface area contributed by atoms with Crippen molar-refractivity contribution in [1.29, 1.82) is 0 Å². The number of hydrogen-bond acceptors (Lipinski definition) is 10. The normalized spacial score (nSPS) is 13.2. The van der Waals surface area contributed by atoms with Gasteiger partial charge in [0.2, 0.25) is 11.8 Å². The van der Waals surface area contributed by atoms with Crippen LogP contribution in [-0.4, -0.2) is 88.2 Å². The summed E-state index contributed by atoms with van der Waals surface area (Å²) < 4.78 is 17.1. The molecule has 0 saturated carbocycles. The monoisotopic (exact) mass is 639 g/mol. The van der Waals surface area contributed by atoms with E-state index >= 15 is 0 Å². The van der Waals surface area contributed by atoms with E-state index in [1.807, 2.05) is 0 Å². The van der Waals surface area contributed by atoms with Crippen LogP contribution in [0.4, 0.5) is 14.4 Å². The molecule has 256 valence electrons. The molecule has 0 aromatic carbocycles. The van der Waals surface area contributed by atoms with E-state index in [1.54, 1.807) is 62.3 Å². The highest BCUT2D eigenvalue weighted by Crippen LogP contribution is 2.12. The maximum Gasteiger partial charge on any atom is 0.419 e. The SMILES string of the molecule is CC(C)(C)OC(=O)NCCCCC(NC(=O)C(Cc1cn(C(=O)OC(C)(C)C)cn1)NC(=O)OC(C)(C)C)C(=O)NCCCN. The van der Waals surface area contributed by atoms with Crippen LogP contribution in [0.5, 0.6) is 0 Å². The molecule has 0 fully saturated rings. The summed E-state index contributed by atoms with van der Waals surface area (Å²) in [5, 5.41) is 10.7.